The maximum Gasteiger partial charge on any atom is 0.241 e. The largest absolute Gasteiger partial charge is 0.375 e. The molecule has 0 bridgehead atoms. The summed E-state index contributed by atoms with van der Waals surface area (Å²) in [6.45, 7) is 1.96. The molecule has 1 N–H and O–H groups in total. The van der Waals surface area contributed by atoms with Crippen molar-refractivity contribution in [2.75, 3.05) is 25.0 Å². The van der Waals surface area contributed by atoms with E-state index in [-0.39, 0.29) is 12.5 Å². The van der Waals surface area contributed by atoms with Crippen molar-refractivity contribution in [2.45, 2.75) is 19.3 Å². The van der Waals surface area contributed by atoms with Crippen LogP contribution in [0.1, 0.15) is 19.3 Å². The van der Waals surface area contributed by atoms with E-state index < -0.39 is 0 Å². The summed E-state index contributed by atoms with van der Waals surface area (Å²) in [6, 6.07) is 3.61. The van der Waals surface area contributed by atoms with E-state index in [1.165, 1.54) is 6.42 Å². The summed E-state index contributed by atoms with van der Waals surface area (Å²) in [5, 5.41) is 3.94. The van der Waals surface area contributed by atoms with Crippen molar-refractivity contribution in [3.8, 4) is 0 Å². The summed E-state index contributed by atoms with van der Waals surface area (Å²) in [5.41, 5.74) is 0.681. The highest BCUT2D eigenvalue weighted by Crippen LogP contribution is 2.35. The molecule has 19 heavy (non-hydrogen) atoms. The smallest absolute Gasteiger partial charge is 0.241 e. The summed E-state index contributed by atoms with van der Waals surface area (Å²) < 4.78 is 0.743. The van der Waals surface area contributed by atoms with Crippen LogP contribution in [0.4, 0.5) is 5.69 Å². The second-order valence-corrected chi connectivity index (χ2v) is 6.13. The fraction of sp³-hybridized carbons (Fsp3) is 0.462. The molecule has 1 aliphatic rings. The van der Waals surface area contributed by atoms with Gasteiger partial charge in [-0.1, -0.05) is 23.2 Å². The van der Waals surface area contributed by atoms with Crippen molar-refractivity contribution >= 4 is 50.7 Å². The lowest BCUT2D eigenvalue weighted by atomic mass is 10.1. The van der Waals surface area contributed by atoms with Crippen LogP contribution in [0.5, 0.6) is 0 Å². The zero-order chi connectivity index (χ0) is 13.8. The van der Waals surface area contributed by atoms with Crippen LogP contribution >= 0.6 is 39.1 Å². The fourth-order valence-corrected chi connectivity index (χ4v) is 2.93. The quantitative estimate of drug-likeness (QED) is 0.815. The molecular formula is C13H15BrCl2N2O. The van der Waals surface area contributed by atoms with Gasteiger partial charge >= 0.3 is 0 Å². The number of hydrogen-bond acceptors (Lipinski definition) is 2. The van der Waals surface area contributed by atoms with Crippen LogP contribution in [-0.4, -0.2) is 30.4 Å². The molecule has 1 fully saturated rings. The molecule has 1 aromatic carbocycles. The highest BCUT2D eigenvalue weighted by molar-refractivity contribution is 9.10. The van der Waals surface area contributed by atoms with Crippen LogP contribution in [0.25, 0.3) is 0 Å². The number of likely N-dealkylation sites (tertiary alicyclic amines) is 1. The topological polar surface area (TPSA) is 32.3 Å². The summed E-state index contributed by atoms with van der Waals surface area (Å²) in [4.78, 5) is 13.9. The molecule has 0 aromatic heterocycles. The number of anilines is 1. The first-order chi connectivity index (χ1) is 9.09. The molecule has 3 nitrogen and oxygen atoms in total. The van der Waals surface area contributed by atoms with Gasteiger partial charge in [-0.15, -0.1) is 0 Å². The standard InChI is InChI=1S/C13H15BrCl2N2O/c14-9-4-5-10(13(16)12(9)15)17-8-11(19)18-6-2-1-3-7-18/h4-5,17H,1-3,6-8H2. The van der Waals surface area contributed by atoms with Gasteiger partial charge in [-0.25, -0.2) is 0 Å². The van der Waals surface area contributed by atoms with Gasteiger partial charge in [0.2, 0.25) is 5.91 Å². The lowest BCUT2D eigenvalue weighted by Crippen LogP contribution is -2.39. The summed E-state index contributed by atoms with van der Waals surface area (Å²) in [5.74, 6) is 0.106. The second kappa shape index (κ2) is 6.82. The number of halogens is 3. The van der Waals surface area contributed by atoms with Gasteiger partial charge < -0.3 is 10.2 Å². The molecule has 0 spiro atoms. The lowest BCUT2D eigenvalue weighted by molar-refractivity contribution is -0.130. The van der Waals surface area contributed by atoms with Crippen LogP contribution < -0.4 is 5.32 Å². The minimum Gasteiger partial charge on any atom is -0.375 e. The minimum absolute atomic E-state index is 0.106. The first-order valence-electron chi connectivity index (χ1n) is 6.24. The number of carbonyl (C=O) groups is 1. The van der Waals surface area contributed by atoms with E-state index in [9.17, 15) is 4.79 Å². The predicted molar refractivity (Wildman–Crippen MR) is 83.1 cm³/mol. The van der Waals surface area contributed by atoms with E-state index in [0.29, 0.717) is 15.7 Å². The number of carbonyl (C=O) groups excluding carboxylic acids is 1. The second-order valence-electron chi connectivity index (χ2n) is 4.52. The van der Waals surface area contributed by atoms with Crippen molar-refractivity contribution < 1.29 is 4.79 Å². The molecule has 1 aliphatic heterocycles. The highest BCUT2D eigenvalue weighted by Gasteiger charge is 2.16. The third-order valence-electron chi connectivity index (χ3n) is 3.17. The molecule has 1 heterocycles. The van der Waals surface area contributed by atoms with Gasteiger partial charge in [-0.05, 0) is 47.3 Å². The molecule has 2 rings (SSSR count). The maximum atomic E-state index is 12.0. The Hall–Kier alpha value is -0.450. The van der Waals surface area contributed by atoms with Crippen molar-refractivity contribution in [2.24, 2.45) is 0 Å². The van der Waals surface area contributed by atoms with Gasteiger partial charge in [0, 0.05) is 17.6 Å². The SMILES string of the molecule is O=C(CNc1ccc(Br)c(Cl)c1Cl)N1CCCCC1. The zero-order valence-corrected chi connectivity index (χ0v) is 13.5. The fourth-order valence-electron chi connectivity index (χ4n) is 2.09. The monoisotopic (exact) mass is 364 g/mol. The number of nitrogens with zero attached hydrogens (tertiary/aromatic N) is 1. The van der Waals surface area contributed by atoms with Crippen molar-refractivity contribution in [1.29, 1.82) is 0 Å². The van der Waals surface area contributed by atoms with Crippen LogP contribution in [-0.2, 0) is 4.79 Å². The predicted octanol–water partition coefficient (Wildman–Crippen LogP) is 4.18. The van der Waals surface area contributed by atoms with Crippen LogP contribution in [0.15, 0.2) is 16.6 Å². The molecule has 1 aromatic rings. The number of rotatable bonds is 3. The number of nitrogens with one attached hydrogen (secondary N) is 1. The summed E-state index contributed by atoms with van der Waals surface area (Å²) in [6.07, 6.45) is 3.40. The molecule has 0 radical (unpaired) electrons. The van der Waals surface area contributed by atoms with E-state index in [1.807, 2.05) is 17.0 Å². The molecule has 0 aliphatic carbocycles. The molecule has 104 valence electrons. The van der Waals surface area contributed by atoms with Crippen LogP contribution in [0.3, 0.4) is 0 Å². The maximum absolute atomic E-state index is 12.0. The van der Waals surface area contributed by atoms with E-state index >= 15 is 0 Å². The Labute approximate surface area is 131 Å². The average Bonchev–Trinajstić information content (AvgIpc) is 2.45. The molecular weight excluding hydrogens is 351 g/mol. The zero-order valence-electron chi connectivity index (χ0n) is 10.4. The van der Waals surface area contributed by atoms with Crippen LogP contribution in [0, 0.1) is 0 Å². The molecule has 0 saturated carbocycles. The van der Waals surface area contributed by atoms with Crippen LogP contribution in [0.2, 0.25) is 10.0 Å². The van der Waals surface area contributed by atoms with Gasteiger partial charge in [0.05, 0.1) is 22.3 Å². The Kier molecular flexibility index (Phi) is 5.37. The van der Waals surface area contributed by atoms with E-state index in [1.54, 1.807) is 0 Å². The number of piperidine rings is 1. The van der Waals surface area contributed by atoms with Crippen molar-refractivity contribution in [3.05, 3.63) is 26.7 Å². The Morgan fingerprint density at radius 3 is 2.58 bits per heavy atom. The normalized spacial score (nSPS) is 15.4. The Morgan fingerprint density at radius 2 is 1.89 bits per heavy atom. The number of amides is 1. The van der Waals surface area contributed by atoms with E-state index in [4.69, 9.17) is 23.2 Å². The van der Waals surface area contributed by atoms with Gasteiger partial charge in [0.15, 0.2) is 0 Å². The minimum atomic E-state index is 0.106. The average molecular weight is 366 g/mol. The Morgan fingerprint density at radius 1 is 1.21 bits per heavy atom. The number of hydrogen-bond donors (Lipinski definition) is 1. The Bertz CT molecular complexity index is 476. The number of benzene rings is 1. The van der Waals surface area contributed by atoms with E-state index in [2.05, 4.69) is 21.2 Å². The summed E-state index contributed by atoms with van der Waals surface area (Å²) in [7, 11) is 0. The van der Waals surface area contributed by atoms with Gasteiger partial charge in [-0.3, -0.25) is 4.79 Å². The lowest BCUT2D eigenvalue weighted by Gasteiger charge is -2.27. The van der Waals surface area contributed by atoms with Crippen molar-refractivity contribution in [1.82, 2.24) is 4.90 Å². The molecule has 0 unspecified atom stereocenters. The molecule has 6 heteroatoms. The first-order valence-corrected chi connectivity index (χ1v) is 7.79. The molecule has 1 saturated heterocycles. The van der Waals surface area contributed by atoms with Gasteiger partial charge in [0.25, 0.3) is 0 Å². The Balaban J connectivity index is 1.95. The van der Waals surface area contributed by atoms with Gasteiger partial charge in [0.1, 0.15) is 0 Å². The third-order valence-corrected chi connectivity index (χ3v) is 4.95. The molecule has 1 amide bonds. The van der Waals surface area contributed by atoms with Crippen molar-refractivity contribution in [3.63, 3.8) is 0 Å². The first kappa shape index (κ1) is 14.9. The highest BCUT2D eigenvalue weighted by atomic mass is 79.9. The third kappa shape index (κ3) is 3.77. The van der Waals surface area contributed by atoms with E-state index in [0.717, 1.165) is 30.4 Å². The molecule has 0 atom stereocenters. The van der Waals surface area contributed by atoms with Gasteiger partial charge in [-0.2, -0.15) is 0 Å². The summed E-state index contributed by atoms with van der Waals surface area (Å²) >= 11 is 15.5.